The summed E-state index contributed by atoms with van der Waals surface area (Å²) >= 11 is 0. The van der Waals surface area contributed by atoms with Crippen LogP contribution in [0.5, 0.6) is 5.75 Å². The zero-order chi connectivity index (χ0) is 21.3. The lowest BCUT2D eigenvalue weighted by Gasteiger charge is -2.33. The van der Waals surface area contributed by atoms with Crippen molar-refractivity contribution in [2.24, 2.45) is 0 Å². The van der Waals surface area contributed by atoms with E-state index in [9.17, 15) is 14.4 Å². The maximum Gasteiger partial charge on any atom is 0.338 e. The number of benzene rings is 2. The predicted octanol–water partition coefficient (Wildman–Crippen LogP) is 2.80. The minimum Gasteiger partial charge on any atom is -0.495 e. The van der Waals surface area contributed by atoms with Crippen molar-refractivity contribution < 1.29 is 23.9 Å². The minimum atomic E-state index is -1.02. The molecule has 0 aromatic heterocycles. The number of nitrogens with one attached hydrogen (secondary N) is 2. The van der Waals surface area contributed by atoms with Gasteiger partial charge in [0.1, 0.15) is 11.8 Å². The summed E-state index contributed by atoms with van der Waals surface area (Å²) in [6.45, 7) is 2.31. The number of methoxy groups -OCH3 is 1. The molecule has 30 heavy (non-hydrogen) atoms. The van der Waals surface area contributed by atoms with Crippen LogP contribution in [0.2, 0.25) is 0 Å². The average molecular weight is 409 g/mol. The fraction of sp³-hybridized carbons (Fsp3) is 0.318. The third-order valence-corrected chi connectivity index (χ3v) is 5.37. The first-order valence-electron chi connectivity index (χ1n) is 9.84. The van der Waals surface area contributed by atoms with E-state index in [0.717, 1.165) is 25.1 Å². The van der Waals surface area contributed by atoms with E-state index in [1.165, 1.54) is 14.0 Å². The molecule has 0 radical (unpaired) electrons. The Bertz CT molecular complexity index is 1010. The number of amides is 2. The van der Waals surface area contributed by atoms with Crippen LogP contribution in [0.15, 0.2) is 42.5 Å². The van der Waals surface area contributed by atoms with Gasteiger partial charge in [0.05, 0.1) is 29.7 Å². The Kier molecular flexibility index (Phi) is 5.31. The molecule has 2 aromatic carbocycles. The number of rotatable bonds is 5. The van der Waals surface area contributed by atoms with E-state index >= 15 is 0 Å². The summed E-state index contributed by atoms with van der Waals surface area (Å²) < 4.78 is 10.5. The highest BCUT2D eigenvalue weighted by Crippen LogP contribution is 2.37. The summed E-state index contributed by atoms with van der Waals surface area (Å²) in [7, 11) is 1.51. The van der Waals surface area contributed by atoms with Gasteiger partial charge in [0.2, 0.25) is 5.91 Å². The van der Waals surface area contributed by atoms with Crippen LogP contribution < -0.4 is 20.3 Å². The molecule has 8 nitrogen and oxygen atoms in total. The highest BCUT2D eigenvalue weighted by molar-refractivity contribution is 6.06. The van der Waals surface area contributed by atoms with Crippen LogP contribution in [0.25, 0.3) is 0 Å². The van der Waals surface area contributed by atoms with Gasteiger partial charge < -0.3 is 25.0 Å². The second kappa shape index (κ2) is 8.06. The van der Waals surface area contributed by atoms with Crippen molar-refractivity contribution in [3.63, 3.8) is 0 Å². The van der Waals surface area contributed by atoms with Crippen molar-refractivity contribution in [1.82, 2.24) is 0 Å². The summed E-state index contributed by atoms with van der Waals surface area (Å²) in [6.07, 6.45) is 0.768. The third-order valence-electron chi connectivity index (χ3n) is 5.37. The van der Waals surface area contributed by atoms with Crippen LogP contribution in [-0.4, -0.2) is 43.6 Å². The van der Waals surface area contributed by atoms with E-state index < -0.39 is 18.0 Å². The number of para-hydroxylation sites is 2. The molecule has 0 spiro atoms. The van der Waals surface area contributed by atoms with Crippen LogP contribution in [0, 0.1) is 0 Å². The van der Waals surface area contributed by atoms with Crippen LogP contribution in [0.1, 0.15) is 30.1 Å². The number of anilines is 3. The Morgan fingerprint density at radius 2 is 2.03 bits per heavy atom. The molecule has 2 aliphatic rings. The molecule has 156 valence electrons. The maximum absolute atomic E-state index is 12.6. The fourth-order valence-electron chi connectivity index (χ4n) is 3.82. The zero-order valence-corrected chi connectivity index (χ0v) is 16.8. The lowest BCUT2D eigenvalue weighted by Crippen LogP contribution is -2.43. The number of ether oxygens (including phenoxy) is 2. The molecule has 2 amide bonds. The van der Waals surface area contributed by atoms with Crippen LogP contribution in [-0.2, 0) is 14.3 Å². The Morgan fingerprint density at radius 3 is 2.83 bits per heavy atom. The molecule has 1 fully saturated rings. The molecule has 0 bridgehead atoms. The van der Waals surface area contributed by atoms with E-state index in [2.05, 4.69) is 15.5 Å². The summed E-state index contributed by atoms with van der Waals surface area (Å²) in [6, 6.07) is 11.9. The van der Waals surface area contributed by atoms with Gasteiger partial charge in [-0.1, -0.05) is 12.1 Å². The SMILES string of the molecule is COc1ccccc1NC(=O)[C@@H](C)OC(=O)c1ccc2c(c1)NC(=O)[C@@H]1CCCN21. The van der Waals surface area contributed by atoms with Gasteiger partial charge in [-0.15, -0.1) is 0 Å². The first-order valence-corrected chi connectivity index (χ1v) is 9.84. The van der Waals surface area contributed by atoms with Gasteiger partial charge in [-0.25, -0.2) is 4.79 Å². The van der Waals surface area contributed by atoms with Crippen LogP contribution >= 0.6 is 0 Å². The third kappa shape index (κ3) is 3.68. The van der Waals surface area contributed by atoms with E-state index in [1.807, 2.05) is 6.07 Å². The Morgan fingerprint density at radius 1 is 1.23 bits per heavy atom. The summed E-state index contributed by atoms with van der Waals surface area (Å²) in [5.74, 6) is -0.664. The Labute approximate surface area is 174 Å². The normalized spacial score (nSPS) is 18.0. The Hall–Kier alpha value is -3.55. The second-order valence-electron chi connectivity index (χ2n) is 7.31. The topological polar surface area (TPSA) is 97.0 Å². The molecule has 0 unspecified atom stereocenters. The first kappa shape index (κ1) is 19.8. The number of esters is 1. The summed E-state index contributed by atoms with van der Waals surface area (Å²) in [5.41, 5.74) is 2.24. The van der Waals surface area contributed by atoms with Crippen molar-refractivity contribution in [2.75, 3.05) is 29.2 Å². The second-order valence-corrected chi connectivity index (χ2v) is 7.31. The molecular formula is C22H23N3O5. The van der Waals surface area contributed by atoms with Gasteiger partial charge >= 0.3 is 5.97 Å². The van der Waals surface area contributed by atoms with Crippen molar-refractivity contribution in [1.29, 1.82) is 0 Å². The lowest BCUT2D eigenvalue weighted by atomic mass is 10.1. The van der Waals surface area contributed by atoms with E-state index in [4.69, 9.17) is 9.47 Å². The largest absolute Gasteiger partial charge is 0.495 e. The zero-order valence-electron chi connectivity index (χ0n) is 16.8. The maximum atomic E-state index is 12.6. The summed E-state index contributed by atoms with van der Waals surface area (Å²) in [4.78, 5) is 39.4. The quantitative estimate of drug-likeness (QED) is 0.737. The molecule has 2 atom stereocenters. The van der Waals surface area contributed by atoms with Gasteiger partial charge in [0, 0.05) is 6.54 Å². The van der Waals surface area contributed by atoms with Gasteiger partial charge in [-0.05, 0) is 50.1 Å². The standard InChI is InChI=1S/C22H23N3O5/c1-13(20(26)23-15-6-3-4-8-19(15)29-2)30-22(28)14-9-10-17-16(12-14)24-21(27)18-7-5-11-25(17)18/h3-4,6,8-10,12-13,18H,5,7,11H2,1-2H3,(H,23,26)(H,24,27)/t13-,18+/m1/s1. The smallest absolute Gasteiger partial charge is 0.338 e. The summed E-state index contributed by atoms with van der Waals surface area (Å²) in [5, 5.41) is 5.56. The highest BCUT2D eigenvalue weighted by atomic mass is 16.5. The number of hydrogen-bond donors (Lipinski definition) is 2. The molecule has 2 aliphatic heterocycles. The fourth-order valence-corrected chi connectivity index (χ4v) is 3.82. The van der Waals surface area contributed by atoms with Crippen LogP contribution in [0.3, 0.4) is 0 Å². The molecule has 2 aromatic rings. The highest BCUT2D eigenvalue weighted by Gasteiger charge is 2.36. The molecule has 1 saturated heterocycles. The van der Waals surface area contributed by atoms with Gasteiger partial charge in [0.15, 0.2) is 6.10 Å². The Balaban J connectivity index is 1.44. The van der Waals surface area contributed by atoms with E-state index in [1.54, 1.807) is 36.4 Å². The molecular weight excluding hydrogens is 386 g/mol. The predicted molar refractivity (Wildman–Crippen MR) is 112 cm³/mol. The van der Waals surface area contributed by atoms with E-state index in [-0.39, 0.29) is 17.5 Å². The van der Waals surface area contributed by atoms with E-state index in [0.29, 0.717) is 17.1 Å². The lowest BCUT2D eigenvalue weighted by molar-refractivity contribution is -0.123. The molecule has 4 rings (SSSR count). The molecule has 8 heteroatoms. The monoisotopic (exact) mass is 409 g/mol. The average Bonchev–Trinajstić information content (AvgIpc) is 3.24. The number of hydrogen-bond acceptors (Lipinski definition) is 6. The number of carbonyl (C=O) groups is 3. The number of carbonyl (C=O) groups excluding carboxylic acids is 3. The number of nitrogens with zero attached hydrogens (tertiary/aromatic N) is 1. The molecule has 0 aliphatic carbocycles. The van der Waals surface area contributed by atoms with Gasteiger partial charge in [0.25, 0.3) is 5.91 Å². The minimum absolute atomic E-state index is 0.0601. The van der Waals surface area contributed by atoms with Gasteiger partial charge in [-0.2, -0.15) is 0 Å². The van der Waals surface area contributed by atoms with Crippen LogP contribution in [0.4, 0.5) is 17.1 Å². The van der Waals surface area contributed by atoms with Crippen molar-refractivity contribution >= 4 is 34.8 Å². The number of fused-ring (bicyclic) bond motifs is 3. The van der Waals surface area contributed by atoms with Gasteiger partial charge in [-0.3, -0.25) is 9.59 Å². The van der Waals surface area contributed by atoms with Crippen molar-refractivity contribution in [2.45, 2.75) is 31.9 Å². The molecule has 2 heterocycles. The van der Waals surface area contributed by atoms with Crippen molar-refractivity contribution in [3.8, 4) is 5.75 Å². The molecule has 0 saturated carbocycles. The van der Waals surface area contributed by atoms with Crippen molar-refractivity contribution in [3.05, 3.63) is 48.0 Å². The first-order chi connectivity index (χ1) is 14.5. The molecule has 2 N–H and O–H groups in total.